The van der Waals surface area contributed by atoms with E-state index in [-0.39, 0.29) is 12.3 Å². The molecule has 3 aromatic rings. The largest absolute Gasteiger partial charge is 0.491 e. The molecule has 1 aromatic heterocycles. The maximum absolute atomic E-state index is 13.5. The molecule has 1 aliphatic rings. The van der Waals surface area contributed by atoms with Gasteiger partial charge in [-0.25, -0.2) is 8.78 Å². The van der Waals surface area contributed by atoms with Gasteiger partial charge in [0.15, 0.2) is 11.6 Å². The Balaban J connectivity index is 1.45. The smallest absolute Gasteiger partial charge is 0.227 e. The molecule has 2 heterocycles. The van der Waals surface area contributed by atoms with Crippen LogP contribution in [0.5, 0.6) is 5.75 Å². The fourth-order valence-electron chi connectivity index (χ4n) is 3.98. The van der Waals surface area contributed by atoms with E-state index in [1.54, 1.807) is 17.3 Å². The van der Waals surface area contributed by atoms with Gasteiger partial charge < -0.3 is 9.64 Å². The molecule has 0 saturated heterocycles. The number of aromatic nitrogens is 1. The summed E-state index contributed by atoms with van der Waals surface area (Å²) in [5, 5.41) is 0. The summed E-state index contributed by atoms with van der Waals surface area (Å²) < 4.78 is 32.6. The van der Waals surface area contributed by atoms with Crippen molar-refractivity contribution in [3.05, 3.63) is 94.8 Å². The Bertz CT molecular complexity index is 1110. The topological polar surface area (TPSA) is 45.7 Å². The molecule has 0 radical (unpaired) electrons. The molecule has 0 aliphatic carbocycles. The summed E-state index contributed by atoms with van der Waals surface area (Å²) in [6.07, 6.45) is 3.62. The van der Waals surface area contributed by atoms with Crippen LogP contribution in [0.4, 0.5) is 8.78 Å². The highest BCUT2D eigenvalue weighted by Gasteiger charge is 2.21. The van der Waals surface area contributed by atoms with E-state index in [2.05, 4.69) is 28.9 Å². The first-order valence-corrected chi connectivity index (χ1v) is 11.1. The van der Waals surface area contributed by atoms with Crippen molar-refractivity contribution in [1.82, 2.24) is 14.8 Å². The molecule has 33 heavy (non-hydrogen) atoms. The van der Waals surface area contributed by atoms with Gasteiger partial charge in [-0.2, -0.15) is 0 Å². The number of rotatable bonds is 7. The molecule has 0 atom stereocenters. The Labute approximate surface area is 192 Å². The van der Waals surface area contributed by atoms with Crippen LogP contribution >= 0.6 is 0 Å². The highest BCUT2D eigenvalue weighted by Crippen LogP contribution is 2.26. The number of ether oxygens (including phenoxy) is 1. The third-order valence-corrected chi connectivity index (χ3v) is 5.81. The van der Waals surface area contributed by atoms with Crippen LogP contribution in [0, 0.1) is 11.6 Å². The van der Waals surface area contributed by atoms with Gasteiger partial charge >= 0.3 is 0 Å². The molecule has 0 fully saturated rings. The van der Waals surface area contributed by atoms with Crippen LogP contribution < -0.4 is 4.74 Å². The van der Waals surface area contributed by atoms with Gasteiger partial charge in [0.2, 0.25) is 5.91 Å². The van der Waals surface area contributed by atoms with Crippen molar-refractivity contribution in [3.8, 4) is 5.75 Å². The van der Waals surface area contributed by atoms with Crippen LogP contribution in [0.15, 0.2) is 60.9 Å². The van der Waals surface area contributed by atoms with Crippen LogP contribution in [0.2, 0.25) is 0 Å². The first-order valence-electron chi connectivity index (χ1n) is 11.1. The molecule has 4 rings (SSSR count). The van der Waals surface area contributed by atoms with Crippen LogP contribution in [0.1, 0.15) is 29.2 Å². The first kappa shape index (κ1) is 22.9. The number of carbonyl (C=O) groups excluding carboxylic acids is 1. The minimum atomic E-state index is -0.943. The van der Waals surface area contributed by atoms with Gasteiger partial charge in [-0.15, -0.1) is 0 Å². The summed E-state index contributed by atoms with van der Waals surface area (Å²) in [5.41, 5.74) is 3.75. The van der Waals surface area contributed by atoms with Gasteiger partial charge in [-0.1, -0.05) is 19.1 Å². The first-order chi connectivity index (χ1) is 16.0. The fourth-order valence-corrected chi connectivity index (χ4v) is 3.98. The van der Waals surface area contributed by atoms with Crippen molar-refractivity contribution in [2.45, 2.75) is 33.0 Å². The van der Waals surface area contributed by atoms with Crippen molar-refractivity contribution >= 4 is 5.91 Å². The lowest BCUT2D eigenvalue weighted by atomic mass is 10.1. The maximum atomic E-state index is 13.5. The fraction of sp³-hybridized carbons (Fsp3) is 0.308. The predicted molar refractivity (Wildman–Crippen MR) is 121 cm³/mol. The molecule has 0 saturated carbocycles. The third-order valence-electron chi connectivity index (χ3n) is 5.81. The maximum Gasteiger partial charge on any atom is 0.227 e. The molecule has 0 N–H and O–H groups in total. The second-order valence-electron chi connectivity index (χ2n) is 8.19. The second-order valence-corrected chi connectivity index (χ2v) is 8.19. The van der Waals surface area contributed by atoms with Crippen molar-refractivity contribution in [2.75, 3.05) is 19.7 Å². The molecule has 2 aromatic carbocycles. The second kappa shape index (κ2) is 10.5. The summed E-state index contributed by atoms with van der Waals surface area (Å²) >= 11 is 0. The predicted octanol–water partition coefficient (Wildman–Crippen LogP) is 4.35. The number of hydrogen-bond acceptors (Lipinski definition) is 4. The summed E-state index contributed by atoms with van der Waals surface area (Å²) in [6.45, 7) is 5.87. The van der Waals surface area contributed by atoms with Crippen LogP contribution in [0.3, 0.4) is 0 Å². The summed E-state index contributed by atoms with van der Waals surface area (Å²) in [5.74, 6) is -1.22. The van der Waals surface area contributed by atoms with Gasteiger partial charge in [-0.05, 0) is 59.6 Å². The van der Waals surface area contributed by atoms with E-state index in [0.717, 1.165) is 48.6 Å². The van der Waals surface area contributed by atoms with Gasteiger partial charge in [0.1, 0.15) is 12.4 Å². The molecule has 1 amide bonds. The average molecular weight is 452 g/mol. The van der Waals surface area contributed by atoms with E-state index >= 15 is 0 Å². The van der Waals surface area contributed by atoms with Gasteiger partial charge in [0, 0.05) is 37.6 Å². The minimum Gasteiger partial charge on any atom is -0.491 e. The Morgan fingerprint density at radius 2 is 1.76 bits per heavy atom. The number of benzene rings is 2. The Kier molecular flexibility index (Phi) is 7.29. The number of halogens is 2. The SMILES string of the molecule is CCN(Cc1ccncc1)Cc1ccc2c(c1)CN(C(=O)Cc1ccc(F)c(F)c1)CCO2. The molecule has 0 bridgehead atoms. The lowest BCUT2D eigenvalue weighted by Crippen LogP contribution is -2.33. The Morgan fingerprint density at radius 1 is 1.00 bits per heavy atom. The zero-order valence-corrected chi connectivity index (χ0v) is 18.6. The number of fused-ring (bicyclic) bond motifs is 1. The summed E-state index contributed by atoms with van der Waals surface area (Å²) in [4.78, 5) is 21.0. The molecule has 7 heteroatoms. The van der Waals surface area contributed by atoms with Crippen LogP contribution in [-0.4, -0.2) is 40.4 Å². The molecule has 0 unspecified atom stereocenters. The van der Waals surface area contributed by atoms with Gasteiger partial charge in [0.05, 0.1) is 13.0 Å². The molecule has 0 spiro atoms. The quantitative estimate of drug-likeness (QED) is 0.536. The average Bonchev–Trinajstić information content (AvgIpc) is 3.04. The number of nitrogens with zero attached hydrogens (tertiary/aromatic N) is 3. The number of amides is 1. The van der Waals surface area contributed by atoms with Gasteiger partial charge in [-0.3, -0.25) is 14.7 Å². The highest BCUT2D eigenvalue weighted by atomic mass is 19.2. The Hall–Kier alpha value is -3.32. The molecular weight excluding hydrogens is 424 g/mol. The zero-order chi connectivity index (χ0) is 23.2. The van der Waals surface area contributed by atoms with E-state index in [9.17, 15) is 13.6 Å². The monoisotopic (exact) mass is 451 g/mol. The highest BCUT2D eigenvalue weighted by molar-refractivity contribution is 5.79. The zero-order valence-electron chi connectivity index (χ0n) is 18.6. The summed E-state index contributed by atoms with van der Waals surface area (Å²) in [6, 6.07) is 13.7. The van der Waals surface area contributed by atoms with Crippen LogP contribution in [0.25, 0.3) is 0 Å². The van der Waals surface area contributed by atoms with Crippen molar-refractivity contribution in [2.24, 2.45) is 0 Å². The molecule has 5 nitrogen and oxygen atoms in total. The molecular formula is C26H27F2N3O2. The van der Waals surface area contributed by atoms with Crippen molar-refractivity contribution in [1.29, 1.82) is 0 Å². The number of carbonyl (C=O) groups is 1. The van der Waals surface area contributed by atoms with Crippen molar-refractivity contribution < 1.29 is 18.3 Å². The molecule has 172 valence electrons. The van der Waals surface area contributed by atoms with Gasteiger partial charge in [0.25, 0.3) is 0 Å². The van der Waals surface area contributed by atoms with E-state index < -0.39 is 11.6 Å². The molecule has 1 aliphatic heterocycles. The van der Waals surface area contributed by atoms with E-state index in [0.29, 0.717) is 25.3 Å². The number of pyridine rings is 1. The van der Waals surface area contributed by atoms with E-state index in [1.165, 1.54) is 11.6 Å². The number of hydrogen-bond donors (Lipinski definition) is 0. The Morgan fingerprint density at radius 3 is 2.52 bits per heavy atom. The normalized spacial score (nSPS) is 13.4. The third kappa shape index (κ3) is 5.93. The standard InChI is InChI=1S/C26H27F2N3O2/c1-2-30(16-19-7-9-29-10-8-19)17-21-4-6-25-22(13-21)18-31(11-12-33-25)26(32)15-20-3-5-23(27)24(28)14-20/h3-10,13-14H,2,11-12,15-18H2,1H3. The van der Waals surface area contributed by atoms with Crippen molar-refractivity contribution in [3.63, 3.8) is 0 Å². The van der Waals surface area contributed by atoms with E-state index in [4.69, 9.17) is 4.74 Å². The van der Waals surface area contributed by atoms with E-state index in [1.807, 2.05) is 18.2 Å². The van der Waals surface area contributed by atoms with Crippen LogP contribution in [-0.2, 0) is 30.8 Å². The minimum absolute atomic E-state index is 0.0156. The summed E-state index contributed by atoms with van der Waals surface area (Å²) in [7, 11) is 0. The lowest BCUT2D eigenvalue weighted by Gasteiger charge is -2.22. The lowest BCUT2D eigenvalue weighted by molar-refractivity contribution is -0.131.